The Hall–Kier alpha value is -3.02. The minimum atomic E-state index is 0.110. The van der Waals surface area contributed by atoms with Gasteiger partial charge in [-0.2, -0.15) is 0 Å². The van der Waals surface area contributed by atoms with Crippen molar-refractivity contribution in [3.8, 4) is 0 Å². The third kappa shape index (κ3) is 6.24. The Morgan fingerprint density at radius 1 is 0.966 bits per heavy atom. The summed E-state index contributed by atoms with van der Waals surface area (Å²) in [6.07, 6.45) is 0. The van der Waals surface area contributed by atoms with Crippen molar-refractivity contribution in [3.05, 3.63) is 65.7 Å². The summed E-state index contributed by atoms with van der Waals surface area (Å²) in [5, 5.41) is 6.39. The molecule has 1 heterocycles. The maximum atomic E-state index is 12.6. The van der Waals surface area contributed by atoms with Gasteiger partial charge in [-0.25, -0.2) is 4.99 Å². The first-order chi connectivity index (χ1) is 14.2. The molecule has 6 heteroatoms. The second-order valence-corrected chi connectivity index (χ2v) is 7.24. The van der Waals surface area contributed by atoms with E-state index in [1.165, 1.54) is 11.3 Å². The van der Waals surface area contributed by atoms with Gasteiger partial charge in [0, 0.05) is 38.4 Å². The Morgan fingerprint density at radius 2 is 1.66 bits per heavy atom. The monoisotopic (exact) mass is 393 g/mol. The number of piperazine rings is 1. The Kier molecular flexibility index (Phi) is 7.50. The number of aryl methyl sites for hydroxylation is 1. The average molecular weight is 394 g/mol. The summed E-state index contributed by atoms with van der Waals surface area (Å²) in [7, 11) is 0. The van der Waals surface area contributed by atoms with Crippen LogP contribution in [0.5, 0.6) is 0 Å². The van der Waals surface area contributed by atoms with Crippen LogP contribution in [0, 0.1) is 6.92 Å². The molecule has 0 aliphatic carbocycles. The van der Waals surface area contributed by atoms with Gasteiger partial charge in [0.1, 0.15) is 0 Å². The van der Waals surface area contributed by atoms with Crippen LogP contribution >= 0.6 is 0 Å². The molecule has 1 fully saturated rings. The lowest BCUT2D eigenvalue weighted by molar-refractivity contribution is -0.130. The van der Waals surface area contributed by atoms with Gasteiger partial charge in [0.2, 0.25) is 5.91 Å². The summed E-state index contributed by atoms with van der Waals surface area (Å²) < 4.78 is 0. The van der Waals surface area contributed by atoms with Crippen molar-refractivity contribution in [1.29, 1.82) is 0 Å². The van der Waals surface area contributed by atoms with Gasteiger partial charge in [-0.15, -0.1) is 0 Å². The molecule has 0 atom stereocenters. The van der Waals surface area contributed by atoms with Crippen LogP contribution in [0.3, 0.4) is 0 Å². The number of nitrogens with zero attached hydrogens (tertiary/aromatic N) is 3. The van der Waals surface area contributed by atoms with E-state index >= 15 is 0 Å². The van der Waals surface area contributed by atoms with Crippen LogP contribution in [0.2, 0.25) is 0 Å². The average Bonchev–Trinajstić information content (AvgIpc) is 2.77. The van der Waals surface area contributed by atoms with Crippen LogP contribution in [0.25, 0.3) is 0 Å². The molecule has 6 nitrogen and oxygen atoms in total. The molecule has 3 rings (SSSR count). The van der Waals surface area contributed by atoms with Crippen LogP contribution in [-0.4, -0.2) is 56.0 Å². The SMILES string of the molecule is CCNC(=NCc1ccc(C)cc1)NCC(=O)N1CCN(c2ccccc2)CC1. The Bertz CT molecular complexity index is 796. The molecule has 0 spiro atoms. The van der Waals surface area contributed by atoms with E-state index < -0.39 is 0 Å². The number of guanidine groups is 1. The number of para-hydroxylation sites is 1. The van der Waals surface area contributed by atoms with Crippen molar-refractivity contribution in [2.75, 3.05) is 44.2 Å². The third-order valence-corrected chi connectivity index (χ3v) is 5.05. The van der Waals surface area contributed by atoms with Crippen molar-refractivity contribution in [2.24, 2.45) is 4.99 Å². The predicted molar refractivity (Wildman–Crippen MR) is 119 cm³/mol. The lowest BCUT2D eigenvalue weighted by Gasteiger charge is -2.36. The second-order valence-electron chi connectivity index (χ2n) is 7.24. The van der Waals surface area contributed by atoms with E-state index in [4.69, 9.17) is 0 Å². The third-order valence-electron chi connectivity index (χ3n) is 5.05. The zero-order valence-electron chi connectivity index (χ0n) is 17.4. The lowest BCUT2D eigenvalue weighted by Crippen LogP contribution is -2.52. The number of hydrogen-bond donors (Lipinski definition) is 2. The normalized spacial score (nSPS) is 14.6. The van der Waals surface area contributed by atoms with Gasteiger partial charge in [0.15, 0.2) is 5.96 Å². The molecule has 1 aliphatic rings. The smallest absolute Gasteiger partial charge is 0.242 e. The largest absolute Gasteiger partial charge is 0.368 e. The van der Waals surface area contributed by atoms with E-state index in [0.717, 1.165) is 38.3 Å². The van der Waals surface area contributed by atoms with E-state index in [-0.39, 0.29) is 12.5 Å². The van der Waals surface area contributed by atoms with E-state index in [1.807, 2.05) is 17.9 Å². The molecular formula is C23H31N5O. The fourth-order valence-electron chi connectivity index (χ4n) is 3.33. The van der Waals surface area contributed by atoms with Crippen molar-refractivity contribution >= 4 is 17.6 Å². The lowest BCUT2D eigenvalue weighted by atomic mass is 10.1. The highest BCUT2D eigenvalue weighted by Crippen LogP contribution is 2.15. The number of anilines is 1. The number of hydrogen-bond acceptors (Lipinski definition) is 3. The molecule has 1 amide bonds. The van der Waals surface area contributed by atoms with Crippen molar-refractivity contribution in [2.45, 2.75) is 20.4 Å². The van der Waals surface area contributed by atoms with E-state index in [9.17, 15) is 4.79 Å². The highest BCUT2D eigenvalue weighted by molar-refractivity contribution is 5.86. The predicted octanol–water partition coefficient (Wildman–Crippen LogP) is 2.40. The van der Waals surface area contributed by atoms with Gasteiger partial charge < -0.3 is 20.4 Å². The van der Waals surface area contributed by atoms with E-state index in [2.05, 4.69) is 76.0 Å². The molecule has 29 heavy (non-hydrogen) atoms. The number of benzene rings is 2. The molecule has 1 saturated heterocycles. The number of aliphatic imine (C=N–C) groups is 1. The van der Waals surface area contributed by atoms with Gasteiger partial charge >= 0.3 is 0 Å². The molecule has 0 aromatic heterocycles. The zero-order chi connectivity index (χ0) is 20.5. The minimum absolute atomic E-state index is 0.110. The molecule has 2 aromatic rings. The fourth-order valence-corrected chi connectivity index (χ4v) is 3.33. The first kappa shape index (κ1) is 20.7. The molecule has 2 aromatic carbocycles. The quantitative estimate of drug-likeness (QED) is 0.584. The summed E-state index contributed by atoms with van der Waals surface area (Å²) >= 11 is 0. The number of rotatable bonds is 6. The van der Waals surface area contributed by atoms with Crippen molar-refractivity contribution < 1.29 is 4.79 Å². The fraction of sp³-hybridized carbons (Fsp3) is 0.391. The van der Waals surface area contributed by atoms with Gasteiger partial charge in [0.05, 0.1) is 13.1 Å². The van der Waals surface area contributed by atoms with Crippen molar-refractivity contribution in [3.63, 3.8) is 0 Å². The van der Waals surface area contributed by atoms with Crippen LogP contribution in [0.1, 0.15) is 18.1 Å². The van der Waals surface area contributed by atoms with Gasteiger partial charge in [-0.1, -0.05) is 48.0 Å². The van der Waals surface area contributed by atoms with E-state index in [1.54, 1.807) is 0 Å². The number of nitrogens with one attached hydrogen (secondary N) is 2. The van der Waals surface area contributed by atoms with Crippen LogP contribution in [0.4, 0.5) is 5.69 Å². The Labute approximate surface area is 173 Å². The minimum Gasteiger partial charge on any atom is -0.368 e. The molecule has 2 N–H and O–H groups in total. The highest BCUT2D eigenvalue weighted by Gasteiger charge is 2.21. The van der Waals surface area contributed by atoms with Crippen LogP contribution < -0.4 is 15.5 Å². The van der Waals surface area contributed by atoms with E-state index in [0.29, 0.717) is 12.5 Å². The number of amides is 1. The summed E-state index contributed by atoms with van der Waals surface area (Å²) in [5.41, 5.74) is 3.60. The first-order valence-corrected chi connectivity index (χ1v) is 10.3. The molecule has 154 valence electrons. The molecule has 1 aliphatic heterocycles. The maximum Gasteiger partial charge on any atom is 0.242 e. The molecule has 0 unspecified atom stereocenters. The topological polar surface area (TPSA) is 60.0 Å². The molecule has 0 saturated carbocycles. The molecule has 0 bridgehead atoms. The summed E-state index contributed by atoms with van der Waals surface area (Å²) in [5.74, 6) is 0.781. The summed E-state index contributed by atoms with van der Waals surface area (Å²) in [4.78, 5) is 21.5. The Morgan fingerprint density at radius 3 is 2.31 bits per heavy atom. The van der Waals surface area contributed by atoms with Crippen LogP contribution in [-0.2, 0) is 11.3 Å². The highest BCUT2D eigenvalue weighted by atomic mass is 16.2. The number of carbonyl (C=O) groups excluding carboxylic acids is 1. The second kappa shape index (κ2) is 10.5. The van der Waals surface area contributed by atoms with Gasteiger partial charge in [-0.05, 0) is 31.5 Å². The Balaban J connectivity index is 1.47. The first-order valence-electron chi connectivity index (χ1n) is 10.3. The standard InChI is InChI=1S/C23H31N5O/c1-3-24-23(25-17-20-11-9-19(2)10-12-20)26-18-22(29)28-15-13-27(14-16-28)21-7-5-4-6-8-21/h4-12H,3,13-18H2,1-2H3,(H2,24,25,26). The number of carbonyl (C=O) groups is 1. The maximum absolute atomic E-state index is 12.6. The summed E-state index contributed by atoms with van der Waals surface area (Å²) in [6.45, 7) is 8.89. The zero-order valence-corrected chi connectivity index (χ0v) is 17.4. The summed E-state index contributed by atoms with van der Waals surface area (Å²) in [6, 6.07) is 18.7. The van der Waals surface area contributed by atoms with Gasteiger partial charge in [0.25, 0.3) is 0 Å². The molecular weight excluding hydrogens is 362 g/mol. The van der Waals surface area contributed by atoms with Crippen molar-refractivity contribution in [1.82, 2.24) is 15.5 Å². The molecule has 0 radical (unpaired) electrons. The van der Waals surface area contributed by atoms with Crippen LogP contribution in [0.15, 0.2) is 59.6 Å². The van der Waals surface area contributed by atoms with Gasteiger partial charge in [-0.3, -0.25) is 4.79 Å².